The minimum absolute atomic E-state index is 0.0717. The number of alkyl halides is 1. The summed E-state index contributed by atoms with van der Waals surface area (Å²) in [6.07, 6.45) is 5.22. The van der Waals surface area contributed by atoms with E-state index in [0.29, 0.717) is 12.3 Å². The molecule has 0 amide bonds. The molecule has 0 aliphatic heterocycles. The third-order valence-corrected chi connectivity index (χ3v) is 4.43. The molecule has 0 fully saturated rings. The van der Waals surface area contributed by atoms with Crippen LogP contribution in [0.5, 0.6) is 5.75 Å². The van der Waals surface area contributed by atoms with Crippen molar-refractivity contribution >= 4 is 15.9 Å². The van der Waals surface area contributed by atoms with E-state index < -0.39 is 0 Å². The minimum Gasteiger partial charge on any atom is -0.487 e. The lowest BCUT2D eigenvalue weighted by Gasteiger charge is -2.09. The van der Waals surface area contributed by atoms with E-state index in [2.05, 4.69) is 50.4 Å². The standard InChI is InChI=1S/C20H20BrN3O2/c21-10-7-16-3-5-17(6-4-16)8-12-24-13-9-19(14-20(24)25)26-15-18-2-1-11-22-23-18/h1-6,9,11,13-14H,7-8,10,12,15H2. The van der Waals surface area contributed by atoms with Gasteiger partial charge in [-0.3, -0.25) is 4.79 Å². The Balaban J connectivity index is 1.56. The van der Waals surface area contributed by atoms with Crippen LogP contribution in [-0.2, 0) is 26.0 Å². The van der Waals surface area contributed by atoms with Gasteiger partial charge in [0.2, 0.25) is 0 Å². The van der Waals surface area contributed by atoms with Gasteiger partial charge >= 0.3 is 0 Å². The Kier molecular flexibility index (Phi) is 6.55. The highest BCUT2D eigenvalue weighted by Crippen LogP contribution is 2.10. The molecule has 0 spiro atoms. The van der Waals surface area contributed by atoms with E-state index in [1.54, 1.807) is 29.1 Å². The zero-order chi connectivity index (χ0) is 18.2. The Hall–Kier alpha value is -2.47. The molecule has 3 rings (SSSR count). The summed E-state index contributed by atoms with van der Waals surface area (Å²) in [5, 5.41) is 8.72. The molecule has 2 aromatic heterocycles. The molecule has 2 heterocycles. The molecule has 0 unspecified atom stereocenters. The number of rotatable bonds is 8. The van der Waals surface area contributed by atoms with Crippen LogP contribution >= 0.6 is 15.9 Å². The van der Waals surface area contributed by atoms with Crippen molar-refractivity contribution in [2.75, 3.05) is 5.33 Å². The van der Waals surface area contributed by atoms with Gasteiger partial charge in [0.15, 0.2) is 0 Å². The van der Waals surface area contributed by atoms with Crippen LogP contribution in [0.2, 0.25) is 0 Å². The first-order valence-corrected chi connectivity index (χ1v) is 9.60. The first kappa shape index (κ1) is 18.3. The lowest BCUT2D eigenvalue weighted by Crippen LogP contribution is -2.19. The number of pyridine rings is 1. The minimum atomic E-state index is -0.0717. The van der Waals surface area contributed by atoms with Gasteiger partial charge in [-0.05, 0) is 42.2 Å². The van der Waals surface area contributed by atoms with E-state index in [9.17, 15) is 4.79 Å². The number of hydrogen-bond acceptors (Lipinski definition) is 4. The van der Waals surface area contributed by atoms with Gasteiger partial charge in [-0.15, -0.1) is 0 Å². The summed E-state index contributed by atoms with van der Waals surface area (Å²) in [4.78, 5) is 12.3. The van der Waals surface area contributed by atoms with Crippen molar-refractivity contribution in [1.29, 1.82) is 0 Å². The molecule has 134 valence electrons. The van der Waals surface area contributed by atoms with Gasteiger partial charge < -0.3 is 9.30 Å². The van der Waals surface area contributed by atoms with Crippen molar-refractivity contribution < 1.29 is 4.74 Å². The highest BCUT2D eigenvalue weighted by Gasteiger charge is 2.02. The molecule has 0 N–H and O–H groups in total. The number of aromatic nitrogens is 3. The van der Waals surface area contributed by atoms with Crippen LogP contribution in [0, 0.1) is 0 Å². The average Bonchev–Trinajstić information content (AvgIpc) is 2.68. The number of ether oxygens (including phenoxy) is 1. The van der Waals surface area contributed by atoms with Crippen LogP contribution < -0.4 is 10.3 Å². The number of hydrogen-bond donors (Lipinski definition) is 0. The molecule has 0 radical (unpaired) electrons. The molecule has 0 atom stereocenters. The molecule has 5 nitrogen and oxygen atoms in total. The summed E-state index contributed by atoms with van der Waals surface area (Å²) < 4.78 is 7.30. The molecule has 3 aromatic rings. The van der Waals surface area contributed by atoms with E-state index in [1.165, 1.54) is 17.2 Å². The fourth-order valence-corrected chi connectivity index (χ4v) is 3.02. The van der Waals surface area contributed by atoms with Gasteiger partial charge in [0, 0.05) is 30.3 Å². The van der Waals surface area contributed by atoms with Gasteiger partial charge in [0.1, 0.15) is 18.1 Å². The summed E-state index contributed by atoms with van der Waals surface area (Å²) in [6, 6.07) is 15.5. The molecule has 6 heteroatoms. The average molecular weight is 414 g/mol. The van der Waals surface area contributed by atoms with Crippen molar-refractivity contribution in [3.8, 4) is 5.75 Å². The molecule has 1 aromatic carbocycles. The Bertz CT molecular complexity index is 880. The summed E-state index contributed by atoms with van der Waals surface area (Å²) >= 11 is 3.45. The molecule has 0 aliphatic rings. The van der Waals surface area contributed by atoms with Crippen LogP contribution in [0.15, 0.2) is 65.7 Å². The first-order valence-electron chi connectivity index (χ1n) is 8.48. The normalized spacial score (nSPS) is 10.7. The van der Waals surface area contributed by atoms with Crippen molar-refractivity contribution in [3.63, 3.8) is 0 Å². The number of nitrogens with zero attached hydrogens (tertiary/aromatic N) is 3. The smallest absolute Gasteiger partial charge is 0.254 e. The summed E-state index contributed by atoms with van der Waals surface area (Å²) in [7, 11) is 0. The zero-order valence-electron chi connectivity index (χ0n) is 14.3. The maximum absolute atomic E-state index is 12.3. The molecule has 0 saturated heterocycles. The lowest BCUT2D eigenvalue weighted by molar-refractivity contribution is 0.298. The van der Waals surface area contributed by atoms with Crippen molar-refractivity contribution in [1.82, 2.24) is 14.8 Å². The lowest BCUT2D eigenvalue weighted by atomic mass is 10.1. The second-order valence-corrected chi connectivity index (χ2v) is 6.70. The second-order valence-electron chi connectivity index (χ2n) is 5.90. The van der Waals surface area contributed by atoms with Crippen molar-refractivity contribution in [2.45, 2.75) is 26.0 Å². The van der Waals surface area contributed by atoms with Crippen molar-refractivity contribution in [3.05, 3.63) is 88.1 Å². The second kappa shape index (κ2) is 9.29. The van der Waals surface area contributed by atoms with Gasteiger partial charge in [-0.25, -0.2) is 0 Å². The zero-order valence-corrected chi connectivity index (χ0v) is 15.9. The maximum atomic E-state index is 12.3. The van der Waals surface area contributed by atoms with Crippen LogP contribution in [0.1, 0.15) is 16.8 Å². The molecule has 0 aliphatic carbocycles. The highest BCUT2D eigenvalue weighted by atomic mass is 79.9. The highest BCUT2D eigenvalue weighted by molar-refractivity contribution is 9.09. The molecule has 0 bridgehead atoms. The van der Waals surface area contributed by atoms with Gasteiger partial charge in [0.05, 0.1) is 0 Å². The summed E-state index contributed by atoms with van der Waals surface area (Å²) in [5.41, 5.74) is 3.18. The monoisotopic (exact) mass is 413 g/mol. The molecule has 26 heavy (non-hydrogen) atoms. The Morgan fingerprint density at radius 2 is 1.81 bits per heavy atom. The van der Waals surface area contributed by atoms with E-state index in [-0.39, 0.29) is 12.2 Å². The predicted octanol–water partition coefficient (Wildman–Crippen LogP) is 3.40. The molecule has 0 saturated carbocycles. The number of halogens is 1. The third kappa shape index (κ3) is 5.26. The first-order chi connectivity index (χ1) is 12.7. The van der Waals surface area contributed by atoms with Crippen LogP contribution in [0.25, 0.3) is 0 Å². The topological polar surface area (TPSA) is 57.0 Å². The largest absolute Gasteiger partial charge is 0.487 e. The Labute approximate surface area is 160 Å². The van der Waals surface area contributed by atoms with Crippen LogP contribution in [-0.4, -0.2) is 20.1 Å². The predicted molar refractivity (Wildman–Crippen MR) is 105 cm³/mol. The fraction of sp³-hybridized carbons (Fsp3) is 0.250. The van der Waals surface area contributed by atoms with Crippen LogP contribution in [0.3, 0.4) is 0 Å². The van der Waals surface area contributed by atoms with Crippen LogP contribution in [0.4, 0.5) is 0 Å². The van der Waals surface area contributed by atoms with Gasteiger partial charge in [-0.2, -0.15) is 10.2 Å². The number of aryl methyl sites for hydroxylation is 3. The fourth-order valence-electron chi connectivity index (χ4n) is 2.56. The quantitative estimate of drug-likeness (QED) is 0.531. The van der Waals surface area contributed by atoms with Crippen molar-refractivity contribution in [2.24, 2.45) is 0 Å². The van der Waals surface area contributed by atoms with E-state index in [4.69, 9.17) is 4.74 Å². The number of benzene rings is 1. The summed E-state index contributed by atoms with van der Waals surface area (Å²) in [5.74, 6) is 0.538. The van der Waals surface area contributed by atoms with Gasteiger partial charge in [-0.1, -0.05) is 40.2 Å². The third-order valence-electron chi connectivity index (χ3n) is 4.03. The van der Waals surface area contributed by atoms with E-state index in [0.717, 1.165) is 23.9 Å². The summed E-state index contributed by atoms with van der Waals surface area (Å²) in [6.45, 7) is 0.930. The van der Waals surface area contributed by atoms with E-state index in [1.807, 2.05) is 6.07 Å². The Morgan fingerprint density at radius 3 is 2.46 bits per heavy atom. The maximum Gasteiger partial charge on any atom is 0.254 e. The SMILES string of the molecule is O=c1cc(OCc2cccnn2)ccn1CCc1ccc(CCBr)cc1. The molecular weight excluding hydrogens is 394 g/mol. The van der Waals surface area contributed by atoms with Gasteiger partial charge in [0.25, 0.3) is 5.56 Å². The molecular formula is C20H20BrN3O2. The Morgan fingerprint density at radius 1 is 1.04 bits per heavy atom. The van der Waals surface area contributed by atoms with E-state index >= 15 is 0 Å².